The normalized spacial score (nSPS) is 10.2. The Morgan fingerprint density at radius 1 is 1.40 bits per heavy atom. The van der Waals surface area contributed by atoms with Crippen molar-refractivity contribution in [1.82, 2.24) is 0 Å². The summed E-state index contributed by atoms with van der Waals surface area (Å²) in [7, 11) is 0. The molecule has 104 valence electrons. The third-order valence-corrected chi connectivity index (χ3v) is 3.55. The molecular weight excluding hydrogens is 283 g/mol. The minimum Gasteiger partial charge on any atom is -0.323 e. The quantitative estimate of drug-likeness (QED) is 0.678. The second-order valence-electron chi connectivity index (χ2n) is 4.05. The van der Waals surface area contributed by atoms with Crippen molar-refractivity contribution >= 4 is 28.6 Å². The van der Waals surface area contributed by atoms with Gasteiger partial charge in [-0.2, -0.15) is 0 Å². The molecule has 0 bridgehead atoms. The van der Waals surface area contributed by atoms with E-state index >= 15 is 0 Å². The molecule has 0 fully saturated rings. The van der Waals surface area contributed by atoms with Crippen LogP contribution in [0.4, 0.5) is 15.8 Å². The van der Waals surface area contributed by atoms with E-state index in [1.54, 1.807) is 0 Å². The molecule has 1 N–H and O–H groups in total. The molecule has 1 aromatic heterocycles. The van der Waals surface area contributed by atoms with Gasteiger partial charge in [0.1, 0.15) is 5.82 Å². The second kappa shape index (κ2) is 6.25. The summed E-state index contributed by atoms with van der Waals surface area (Å²) in [6, 6.07) is 6.83. The molecule has 0 aliphatic rings. The molecule has 0 aliphatic carbocycles. The van der Waals surface area contributed by atoms with Crippen LogP contribution in [0.3, 0.4) is 0 Å². The minimum absolute atomic E-state index is 0.171. The summed E-state index contributed by atoms with van der Waals surface area (Å²) in [4.78, 5) is 22.7. The Balaban J connectivity index is 2.00. The Morgan fingerprint density at radius 3 is 2.85 bits per heavy atom. The number of rotatable bonds is 5. The summed E-state index contributed by atoms with van der Waals surface area (Å²) in [6.07, 6.45) is 0.753. The van der Waals surface area contributed by atoms with E-state index in [4.69, 9.17) is 0 Å². The summed E-state index contributed by atoms with van der Waals surface area (Å²) < 4.78 is 13.5. The molecule has 0 saturated carbocycles. The Hall–Kier alpha value is -2.28. The molecule has 2 aromatic rings. The second-order valence-corrected chi connectivity index (χ2v) is 5.08. The molecule has 20 heavy (non-hydrogen) atoms. The van der Waals surface area contributed by atoms with Crippen molar-refractivity contribution in [3.05, 3.63) is 56.5 Å². The van der Waals surface area contributed by atoms with Gasteiger partial charge in [-0.05, 0) is 23.9 Å². The van der Waals surface area contributed by atoms with Gasteiger partial charge in [0.25, 0.3) is 5.69 Å². The van der Waals surface area contributed by atoms with Gasteiger partial charge in [0.2, 0.25) is 5.91 Å². The fourth-order valence-electron chi connectivity index (χ4n) is 1.63. The van der Waals surface area contributed by atoms with Crippen LogP contribution in [0.15, 0.2) is 35.7 Å². The van der Waals surface area contributed by atoms with Crippen LogP contribution in [0.5, 0.6) is 0 Å². The molecule has 0 unspecified atom stereocenters. The van der Waals surface area contributed by atoms with Crippen LogP contribution in [-0.4, -0.2) is 10.8 Å². The number of nitro benzene ring substituents is 1. The first-order chi connectivity index (χ1) is 9.56. The topological polar surface area (TPSA) is 72.2 Å². The van der Waals surface area contributed by atoms with Gasteiger partial charge in [-0.1, -0.05) is 6.07 Å². The number of benzene rings is 1. The highest BCUT2D eigenvalue weighted by atomic mass is 32.1. The predicted octanol–water partition coefficient (Wildman–Crippen LogP) is 3.37. The average molecular weight is 294 g/mol. The van der Waals surface area contributed by atoms with Gasteiger partial charge >= 0.3 is 0 Å². The lowest BCUT2D eigenvalue weighted by Crippen LogP contribution is -2.13. The number of aryl methyl sites for hydroxylation is 1. The van der Waals surface area contributed by atoms with Crippen molar-refractivity contribution in [2.45, 2.75) is 12.8 Å². The first kappa shape index (κ1) is 14.1. The molecule has 1 amide bonds. The number of nitrogens with zero attached hydrogens (tertiary/aromatic N) is 1. The van der Waals surface area contributed by atoms with Crippen LogP contribution in [0, 0.1) is 15.9 Å². The van der Waals surface area contributed by atoms with E-state index in [-0.39, 0.29) is 23.7 Å². The molecular formula is C13H11FN2O3S. The van der Waals surface area contributed by atoms with Gasteiger partial charge in [-0.3, -0.25) is 14.9 Å². The van der Waals surface area contributed by atoms with Crippen molar-refractivity contribution in [2.24, 2.45) is 0 Å². The summed E-state index contributed by atoms with van der Waals surface area (Å²) in [6.45, 7) is 0. The molecule has 7 heteroatoms. The van der Waals surface area contributed by atoms with Gasteiger partial charge in [-0.25, -0.2) is 4.39 Å². The maximum Gasteiger partial charge on any atom is 0.271 e. The number of nitrogens with one attached hydrogen (secondary N) is 1. The van der Waals surface area contributed by atoms with Gasteiger partial charge in [0.05, 0.1) is 10.6 Å². The molecule has 5 nitrogen and oxygen atoms in total. The fraction of sp³-hybridized carbons (Fsp3) is 0.154. The molecule has 1 aromatic carbocycles. The maximum atomic E-state index is 13.5. The highest BCUT2D eigenvalue weighted by Gasteiger charge is 2.13. The van der Waals surface area contributed by atoms with Crippen LogP contribution < -0.4 is 5.32 Å². The molecule has 0 saturated heterocycles. The van der Waals surface area contributed by atoms with E-state index in [1.807, 2.05) is 17.5 Å². The zero-order valence-corrected chi connectivity index (χ0v) is 11.2. The van der Waals surface area contributed by atoms with E-state index in [2.05, 4.69) is 5.32 Å². The van der Waals surface area contributed by atoms with Gasteiger partial charge in [0.15, 0.2) is 0 Å². The number of thiophene rings is 1. The number of halogens is 1. The van der Waals surface area contributed by atoms with Crippen LogP contribution >= 0.6 is 11.3 Å². The van der Waals surface area contributed by atoms with E-state index < -0.39 is 10.7 Å². The van der Waals surface area contributed by atoms with E-state index in [1.165, 1.54) is 11.3 Å². The van der Waals surface area contributed by atoms with Crippen molar-refractivity contribution in [2.75, 3.05) is 5.32 Å². The summed E-state index contributed by atoms with van der Waals surface area (Å²) in [5.74, 6) is -1.07. The largest absolute Gasteiger partial charge is 0.323 e. The van der Waals surface area contributed by atoms with Gasteiger partial charge in [0, 0.05) is 23.4 Å². The van der Waals surface area contributed by atoms with E-state index in [9.17, 15) is 19.3 Å². The zero-order valence-electron chi connectivity index (χ0n) is 10.3. The third-order valence-electron chi connectivity index (χ3n) is 2.61. The molecule has 0 atom stereocenters. The van der Waals surface area contributed by atoms with Gasteiger partial charge < -0.3 is 5.32 Å². The number of hydrogen-bond donors (Lipinski definition) is 1. The lowest BCUT2D eigenvalue weighted by molar-refractivity contribution is -0.384. The number of anilines is 1. The number of non-ortho nitro benzene ring substituents is 1. The molecule has 2 rings (SSSR count). The van der Waals surface area contributed by atoms with Crippen LogP contribution in [0.2, 0.25) is 0 Å². The van der Waals surface area contributed by atoms with Crippen molar-refractivity contribution in [1.29, 1.82) is 0 Å². The van der Waals surface area contributed by atoms with Crippen molar-refractivity contribution in [3.8, 4) is 0 Å². The maximum absolute atomic E-state index is 13.5. The Bertz CT molecular complexity index is 629. The first-order valence-corrected chi connectivity index (χ1v) is 6.70. The molecule has 0 aliphatic heterocycles. The smallest absolute Gasteiger partial charge is 0.271 e. The van der Waals surface area contributed by atoms with Gasteiger partial charge in [-0.15, -0.1) is 11.3 Å². The highest BCUT2D eigenvalue weighted by Crippen LogP contribution is 2.21. The SMILES string of the molecule is O=C(CCc1cccs1)Nc1cc([N+](=O)[O-])ccc1F. The number of amides is 1. The van der Waals surface area contributed by atoms with E-state index in [0.29, 0.717) is 6.42 Å². The number of nitro groups is 1. The average Bonchev–Trinajstić information content (AvgIpc) is 2.92. The van der Waals surface area contributed by atoms with E-state index in [0.717, 1.165) is 23.1 Å². The standard InChI is InChI=1S/C13H11FN2O3S/c14-11-5-3-9(16(18)19)8-12(11)15-13(17)6-4-10-2-1-7-20-10/h1-3,5,7-8H,4,6H2,(H,15,17). The van der Waals surface area contributed by atoms with Crippen LogP contribution in [-0.2, 0) is 11.2 Å². The molecule has 1 heterocycles. The first-order valence-electron chi connectivity index (χ1n) is 5.82. The van der Waals surface area contributed by atoms with Crippen molar-refractivity contribution in [3.63, 3.8) is 0 Å². The van der Waals surface area contributed by atoms with Crippen LogP contribution in [0.25, 0.3) is 0 Å². The number of carbonyl (C=O) groups is 1. The third kappa shape index (κ3) is 3.61. The monoisotopic (exact) mass is 294 g/mol. The van der Waals surface area contributed by atoms with Crippen molar-refractivity contribution < 1.29 is 14.1 Å². The predicted molar refractivity (Wildman–Crippen MR) is 74.3 cm³/mol. The summed E-state index contributed by atoms with van der Waals surface area (Å²) in [5, 5.41) is 14.9. The Kier molecular flexibility index (Phi) is 4.41. The minimum atomic E-state index is -0.694. The molecule has 0 radical (unpaired) electrons. The lowest BCUT2D eigenvalue weighted by Gasteiger charge is -2.05. The Labute approximate surface area is 118 Å². The van der Waals surface area contributed by atoms with Crippen LogP contribution in [0.1, 0.15) is 11.3 Å². The highest BCUT2D eigenvalue weighted by molar-refractivity contribution is 7.09. The number of hydrogen-bond acceptors (Lipinski definition) is 4. The lowest BCUT2D eigenvalue weighted by atomic mass is 10.2. The Morgan fingerprint density at radius 2 is 2.20 bits per heavy atom. The number of carbonyl (C=O) groups excluding carboxylic acids is 1. The summed E-state index contributed by atoms with van der Waals surface area (Å²) in [5.41, 5.74) is -0.435. The zero-order chi connectivity index (χ0) is 14.5. The summed E-state index contributed by atoms with van der Waals surface area (Å²) >= 11 is 1.54. The molecule has 0 spiro atoms. The fourth-order valence-corrected chi connectivity index (χ4v) is 2.34.